The Morgan fingerprint density at radius 2 is 2.06 bits per heavy atom. The van der Waals surface area contributed by atoms with Crippen LogP contribution in [-0.4, -0.2) is 19.1 Å². The molecule has 100 valence electrons. The molecular formula is C13H17FO3S. The minimum Gasteiger partial charge on any atom is -0.282 e. The van der Waals surface area contributed by atoms with Crippen molar-refractivity contribution in [2.75, 3.05) is 0 Å². The van der Waals surface area contributed by atoms with Crippen molar-refractivity contribution in [1.29, 1.82) is 0 Å². The second kappa shape index (κ2) is 4.97. The number of halogens is 1. The molecule has 1 fully saturated rings. The van der Waals surface area contributed by atoms with E-state index in [2.05, 4.69) is 0 Å². The molecule has 1 N–H and O–H groups in total. The molecule has 0 amide bonds. The first kappa shape index (κ1) is 13.5. The van der Waals surface area contributed by atoms with E-state index in [4.69, 9.17) is 0 Å². The molecule has 3 nitrogen and oxygen atoms in total. The molecule has 2 unspecified atom stereocenters. The molecular weight excluding hydrogens is 255 g/mol. The average Bonchev–Trinajstić information content (AvgIpc) is 2.27. The van der Waals surface area contributed by atoms with Crippen LogP contribution >= 0.6 is 0 Å². The third-order valence-corrected chi connectivity index (χ3v) is 4.42. The number of alkyl halides is 1. The largest absolute Gasteiger partial charge is 0.294 e. The SMILES string of the molecule is Cc1ccc(S(=O)(=O)O)c(C2CCCC(F)C2)c1. The number of rotatable bonds is 2. The first-order valence-corrected chi connectivity index (χ1v) is 7.54. The van der Waals surface area contributed by atoms with Crippen LogP contribution in [0.1, 0.15) is 42.7 Å². The summed E-state index contributed by atoms with van der Waals surface area (Å²) >= 11 is 0. The predicted octanol–water partition coefficient (Wildman–Crippen LogP) is 3.24. The molecule has 1 saturated carbocycles. The molecule has 2 rings (SSSR count). The van der Waals surface area contributed by atoms with Gasteiger partial charge >= 0.3 is 0 Å². The minimum absolute atomic E-state index is 0.0767. The fraction of sp³-hybridized carbons (Fsp3) is 0.538. The van der Waals surface area contributed by atoms with Crippen molar-refractivity contribution in [2.45, 2.75) is 49.6 Å². The van der Waals surface area contributed by atoms with Gasteiger partial charge in [-0.3, -0.25) is 4.55 Å². The highest BCUT2D eigenvalue weighted by atomic mass is 32.2. The molecule has 0 spiro atoms. The van der Waals surface area contributed by atoms with Crippen LogP contribution in [0.4, 0.5) is 4.39 Å². The number of hydrogen-bond donors (Lipinski definition) is 1. The third kappa shape index (κ3) is 2.90. The molecule has 0 saturated heterocycles. The van der Waals surface area contributed by atoms with Crippen LogP contribution in [0.3, 0.4) is 0 Å². The van der Waals surface area contributed by atoms with Crippen molar-refractivity contribution in [3.8, 4) is 0 Å². The lowest BCUT2D eigenvalue weighted by molar-refractivity contribution is 0.230. The summed E-state index contributed by atoms with van der Waals surface area (Å²) in [5, 5.41) is 0. The molecule has 1 aliphatic rings. The Kier molecular flexibility index (Phi) is 3.73. The lowest BCUT2D eigenvalue weighted by atomic mass is 9.82. The van der Waals surface area contributed by atoms with E-state index in [1.165, 1.54) is 6.07 Å². The summed E-state index contributed by atoms with van der Waals surface area (Å²) in [5.41, 5.74) is 1.47. The Morgan fingerprint density at radius 3 is 2.67 bits per heavy atom. The summed E-state index contributed by atoms with van der Waals surface area (Å²) in [4.78, 5) is -0.0767. The topological polar surface area (TPSA) is 54.4 Å². The van der Waals surface area contributed by atoms with E-state index in [-0.39, 0.29) is 10.8 Å². The van der Waals surface area contributed by atoms with Crippen LogP contribution in [0, 0.1) is 6.92 Å². The van der Waals surface area contributed by atoms with E-state index >= 15 is 0 Å². The number of aryl methyl sites for hydroxylation is 1. The van der Waals surface area contributed by atoms with Gasteiger partial charge in [0.2, 0.25) is 0 Å². The van der Waals surface area contributed by atoms with Crippen LogP contribution < -0.4 is 0 Å². The molecule has 0 aromatic heterocycles. The van der Waals surface area contributed by atoms with E-state index in [1.54, 1.807) is 12.1 Å². The molecule has 0 bridgehead atoms. The van der Waals surface area contributed by atoms with Crippen molar-refractivity contribution in [1.82, 2.24) is 0 Å². The lowest BCUT2D eigenvalue weighted by Crippen LogP contribution is -2.17. The predicted molar refractivity (Wildman–Crippen MR) is 67.1 cm³/mol. The third-order valence-electron chi connectivity index (χ3n) is 3.49. The van der Waals surface area contributed by atoms with Gasteiger partial charge in [0.05, 0.1) is 4.90 Å². The van der Waals surface area contributed by atoms with Gasteiger partial charge in [0.1, 0.15) is 6.17 Å². The molecule has 18 heavy (non-hydrogen) atoms. The summed E-state index contributed by atoms with van der Waals surface area (Å²) in [6.07, 6.45) is 1.53. The molecule has 0 radical (unpaired) electrons. The summed E-state index contributed by atoms with van der Waals surface area (Å²) in [6, 6.07) is 4.79. The van der Waals surface area contributed by atoms with Gasteiger partial charge in [0.25, 0.3) is 10.1 Å². The van der Waals surface area contributed by atoms with E-state index in [9.17, 15) is 17.4 Å². The van der Waals surface area contributed by atoms with Gasteiger partial charge < -0.3 is 0 Å². The Hall–Kier alpha value is -0.940. The molecule has 1 aromatic rings. The van der Waals surface area contributed by atoms with Gasteiger partial charge in [-0.2, -0.15) is 8.42 Å². The van der Waals surface area contributed by atoms with Gasteiger partial charge in [-0.25, -0.2) is 4.39 Å². The second-order valence-corrected chi connectivity index (χ2v) is 6.37. The highest BCUT2D eigenvalue weighted by molar-refractivity contribution is 7.85. The fourth-order valence-electron chi connectivity index (χ4n) is 2.63. The van der Waals surface area contributed by atoms with Crippen molar-refractivity contribution in [3.05, 3.63) is 29.3 Å². The second-order valence-electron chi connectivity index (χ2n) is 4.98. The molecule has 5 heteroatoms. The summed E-state index contributed by atoms with van der Waals surface area (Å²) in [7, 11) is -4.24. The van der Waals surface area contributed by atoms with Crippen LogP contribution in [0.15, 0.2) is 23.1 Å². The zero-order valence-corrected chi connectivity index (χ0v) is 11.1. The van der Waals surface area contributed by atoms with Gasteiger partial charge in [0, 0.05) is 0 Å². The van der Waals surface area contributed by atoms with E-state index in [1.807, 2.05) is 6.92 Å². The number of benzene rings is 1. The normalized spacial score (nSPS) is 25.1. The van der Waals surface area contributed by atoms with Gasteiger partial charge in [-0.15, -0.1) is 0 Å². The van der Waals surface area contributed by atoms with Crippen LogP contribution in [0.25, 0.3) is 0 Å². The van der Waals surface area contributed by atoms with Crippen LogP contribution in [0.5, 0.6) is 0 Å². The van der Waals surface area contributed by atoms with E-state index in [0.717, 1.165) is 18.4 Å². The quantitative estimate of drug-likeness (QED) is 0.841. The van der Waals surface area contributed by atoms with Crippen molar-refractivity contribution >= 4 is 10.1 Å². The molecule has 1 aliphatic carbocycles. The maximum atomic E-state index is 13.4. The van der Waals surface area contributed by atoms with Gasteiger partial charge in [-0.1, -0.05) is 17.7 Å². The van der Waals surface area contributed by atoms with Crippen LogP contribution in [0.2, 0.25) is 0 Å². The van der Waals surface area contributed by atoms with Gasteiger partial charge in [-0.05, 0) is 50.2 Å². The summed E-state index contributed by atoms with van der Waals surface area (Å²) < 4.78 is 45.4. The zero-order chi connectivity index (χ0) is 13.3. The smallest absolute Gasteiger partial charge is 0.282 e. The molecule has 1 aromatic carbocycles. The number of hydrogen-bond acceptors (Lipinski definition) is 2. The Bertz CT molecular complexity index is 539. The Morgan fingerprint density at radius 1 is 1.33 bits per heavy atom. The van der Waals surface area contributed by atoms with Crippen molar-refractivity contribution in [2.24, 2.45) is 0 Å². The van der Waals surface area contributed by atoms with Crippen LogP contribution in [-0.2, 0) is 10.1 Å². The standard InChI is InChI=1S/C13H17FO3S/c1-9-5-6-13(18(15,16)17)12(7-9)10-3-2-4-11(14)8-10/h5-7,10-11H,2-4,8H2,1H3,(H,15,16,17). The maximum Gasteiger partial charge on any atom is 0.294 e. The molecule has 0 aliphatic heterocycles. The Balaban J connectivity index is 2.45. The average molecular weight is 272 g/mol. The van der Waals surface area contributed by atoms with E-state index in [0.29, 0.717) is 18.4 Å². The van der Waals surface area contributed by atoms with E-state index < -0.39 is 16.3 Å². The summed E-state index contributed by atoms with van der Waals surface area (Å²) in [5.74, 6) is -0.120. The van der Waals surface area contributed by atoms with Gasteiger partial charge in [0.15, 0.2) is 0 Å². The molecule has 2 atom stereocenters. The summed E-state index contributed by atoms with van der Waals surface area (Å²) in [6.45, 7) is 1.85. The van der Waals surface area contributed by atoms with Crippen molar-refractivity contribution in [3.63, 3.8) is 0 Å². The highest BCUT2D eigenvalue weighted by Gasteiger charge is 2.27. The first-order valence-electron chi connectivity index (χ1n) is 6.10. The minimum atomic E-state index is -4.24. The first-order chi connectivity index (χ1) is 8.38. The highest BCUT2D eigenvalue weighted by Crippen LogP contribution is 2.37. The molecule has 0 heterocycles. The van der Waals surface area contributed by atoms with Crippen molar-refractivity contribution < 1.29 is 17.4 Å². The Labute approximate surface area is 107 Å². The fourth-order valence-corrected chi connectivity index (χ4v) is 3.40. The maximum absolute atomic E-state index is 13.4. The monoisotopic (exact) mass is 272 g/mol. The lowest BCUT2D eigenvalue weighted by Gasteiger charge is -2.26. The zero-order valence-electron chi connectivity index (χ0n) is 10.3.